The van der Waals surface area contributed by atoms with Gasteiger partial charge in [-0.3, -0.25) is 0 Å². The van der Waals surface area contributed by atoms with Gasteiger partial charge in [-0.25, -0.2) is 23.3 Å². The van der Waals surface area contributed by atoms with Gasteiger partial charge < -0.3 is 9.26 Å². The average Bonchev–Trinajstić information content (AvgIpc) is 3.06. The van der Waals surface area contributed by atoms with Crippen LogP contribution in [0.3, 0.4) is 0 Å². The molecule has 3 rings (SSSR count). The summed E-state index contributed by atoms with van der Waals surface area (Å²) in [6.07, 6.45) is -0.685. The first-order valence-electron chi connectivity index (χ1n) is 7.91. The number of carbonyl (C=O) groups excluding carboxylic acids is 1. The number of aryl methyl sites for hydroxylation is 1. The zero-order chi connectivity index (χ0) is 19.4. The first-order chi connectivity index (χ1) is 12.8. The molecule has 0 bridgehead atoms. The molecule has 0 fully saturated rings. The van der Waals surface area contributed by atoms with Crippen LogP contribution < -0.4 is 10.0 Å². The second-order valence-electron chi connectivity index (χ2n) is 5.71. The normalized spacial score (nSPS) is 11.2. The summed E-state index contributed by atoms with van der Waals surface area (Å²) in [5.74, 6) is 0.723. The van der Waals surface area contributed by atoms with Gasteiger partial charge in [-0.2, -0.15) is 0 Å². The van der Waals surface area contributed by atoms with Crippen LogP contribution in [0.5, 0.6) is 0 Å². The summed E-state index contributed by atoms with van der Waals surface area (Å²) in [6, 6.07) is 16.3. The number of benzene rings is 2. The smallest absolute Gasteiger partial charge is 0.420 e. The average molecular weight is 387 g/mol. The Balaban J connectivity index is 1.88. The molecular weight excluding hydrogens is 370 g/mol. The third kappa shape index (κ3) is 4.52. The minimum Gasteiger partial charge on any atom is -0.444 e. The number of anilines is 2. The van der Waals surface area contributed by atoms with Crippen LogP contribution in [0.2, 0.25) is 0 Å². The molecule has 0 saturated heterocycles. The van der Waals surface area contributed by atoms with Crippen LogP contribution in [0.4, 0.5) is 16.3 Å². The second-order valence-corrected chi connectivity index (χ2v) is 7.27. The highest BCUT2D eigenvalue weighted by Gasteiger charge is 2.23. The fourth-order valence-corrected chi connectivity index (χ4v) is 2.87. The number of hydrogen-bond donors (Lipinski definition) is 1. The predicted octanol–water partition coefficient (Wildman–Crippen LogP) is 3.11. The molecule has 2 aromatic carbocycles. The molecule has 0 unspecified atom stereocenters. The van der Waals surface area contributed by atoms with E-state index in [2.05, 4.69) is 5.16 Å². The van der Waals surface area contributed by atoms with Gasteiger partial charge in [0, 0.05) is 6.07 Å². The van der Waals surface area contributed by atoms with Gasteiger partial charge in [0.15, 0.2) is 5.82 Å². The van der Waals surface area contributed by atoms with Crippen molar-refractivity contribution in [2.45, 2.75) is 18.4 Å². The maximum Gasteiger partial charge on any atom is 0.420 e. The molecule has 1 heterocycles. The zero-order valence-electron chi connectivity index (χ0n) is 14.4. The standard InChI is InChI=1S/C18H17N3O5S/c1-13-11-17(20-26-13)21(15-7-9-16(10-8-15)27(19,23)24)18(22)25-12-14-5-3-2-4-6-14/h2-11H,12H2,1H3,(H2,19,23,24). The van der Waals surface area contributed by atoms with E-state index in [9.17, 15) is 13.2 Å². The molecule has 0 aliphatic carbocycles. The monoisotopic (exact) mass is 387 g/mol. The van der Waals surface area contributed by atoms with Gasteiger partial charge in [-0.15, -0.1) is 0 Å². The van der Waals surface area contributed by atoms with Crippen molar-refractivity contribution in [2.75, 3.05) is 4.90 Å². The Hall–Kier alpha value is -3.17. The highest BCUT2D eigenvalue weighted by atomic mass is 32.2. The van der Waals surface area contributed by atoms with Crippen molar-refractivity contribution < 1.29 is 22.5 Å². The largest absolute Gasteiger partial charge is 0.444 e. The van der Waals surface area contributed by atoms with Gasteiger partial charge >= 0.3 is 6.09 Å². The lowest BCUT2D eigenvalue weighted by Crippen LogP contribution is -2.27. The highest BCUT2D eigenvalue weighted by molar-refractivity contribution is 7.89. The number of hydrogen-bond acceptors (Lipinski definition) is 6. The molecule has 0 saturated carbocycles. The lowest BCUT2D eigenvalue weighted by Gasteiger charge is -2.19. The van der Waals surface area contributed by atoms with Crippen molar-refractivity contribution in [3.8, 4) is 0 Å². The molecule has 2 N–H and O–H groups in total. The van der Waals surface area contributed by atoms with Crippen LogP contribution in [0, 0.1) is 6.92 Å². The summed E-state index contributed by atoms with van der Waals surface area (Å²) < 4.78 is 33.3. The molecule has 1 amide bonds. The number of rotatable bonds is 5. The topological polar surface area (TPSA) is 116 Å². The number of ether oxygens (including phenoxy) is 1. The van der Waals surface area contributed by atoms with E-state index in [4.69, 9.17) is 14.4 Å². The van der Waals surface area contributed by atoms with Crippen LogP contribution >= 0.6 is 0 Å². The lowest BCUT2D eigenvalue weighted by molar-refractivity contribution is 0.149. The maximum atomic E-state index is 12.7. The second kappa shape index (κ2) is 7.60. The summed E-state index contributed by atoms with van der Waals surface area (Å²) in [7, 11) is -3.84. The third-order valence-corrected chi connectivity index (χ3v) is 4.59. The molecule has 9 heteroatoms. The fraction of sp³-hybridized carbons (Fsp3) is 0.111. The molecule has 0 radical (unpaired) electrons. The molecule has 8 nitrogen and oxygen atoms in total. The van der Waals surface area contributed by atoms with Crippen molar-refractivity contribution in [1.82, 2.24) is 5.16 Å². The molecule has 0 atom stereocenters. The van der Waals surface area contributed by atoms with Crippen molar-refractivity contribution in [3.05, 3.63) is 72.0 Å². The van der Waals surface area contributed by atoms with Crippen LogP contribution in [0.25, 0.3) is 0 Å². The number of amides is 1. The molecule has 3 aromatic rings. The molecule has 1 aromatic heterocycles. The van der Waals surface area contributed by atoms with Gasteiger partial charge in [0.1, 0.15) is 12.4 Å². The van der Waals surface area contributed by atoms with Gasteiger partial charge in [0.2, 0.25) is 10.0 Å². The van der Waals surface area contributed by atoms with Gasteiger partial charge in [-0.1, -0.05) is 35.5 Å². The minimum absolute atomic E-state index is 0.0693. The summed E-state index contributed by atoms with van der Waals surface area (Å²) in [4.78, 5) is 13.8. The number of nitrogens with zero attached hydrogens (tertiary/aromatic N) is 2. The number of sulfonamides is 1. The lowest BCUT2D eigenvalue weighted by atomic mass is 10.2. The summed E-state index contributed by atoms with van der Waals surface area (Å²) >= 11 is 0. The molecule has 0 spiro atoms. The first kappa shape index (κ1) is 18.6. The van der Waals surface area contributed by atoms with Crippen LogP contribution in [-0.2, 0) is 21.4 Å². The van der Waals surface area contributed by atoms with Crippen LogP contribution in [-0.4, -0.2) is 19.7 Å². The number of primary sulfonamides is 1. The SMILES string of the molecule is Cc1cc(N(C(=O)OCc2ccccc2)c2ccc(S(N)(=O)=O)cc2)no1. The summed E-state index contributed by atoms with van der Waals surface area (Å²) in [6.45, 7) is 1.76. The fourth-order valence-electron chi connectivity index (χ4n) is 2.36. The minimum atomic E-state index is -3.84. The van der Waals surface area contributed by atoms with E-state index in [1.165, 1.54) is 29.2 Å². The van der Waals surface area contributed by atoms with E-state index in [1.54, 1.807) is 13.0 Å². The number of aromatic nitrogens is 1. The maximum absolute atomic E-state index is 12.7. The van der Waals surface area contributed by atoms with Gasteiger partial charge in [0.25, 0.3) is 0 Å². The van der Waals surface area contributed by atoms with E-state index in [-0.39, 0.29) is 17.3 Å². The molecule has 27 heavy (non-hydrogen) atoms. The Bertz CT molecular complexity index is 1030. The van der Waals surface area contributed by atoms with Crippen LogP contribution in [0.1, 0.15) is 11.3 Å². The van der Waals surface area contributed by atoms with Gasteiger partial charge in [0.05, 0.1) is 10.6 Å². The predicted molar refractivity (Wildman–Crippen MR) is 97.8 cm³/mol. The van der Waals surface area contributed by atoms with E-state index < -0.39 is 16.1 Å². The summed E-state index contributed by atoms with van der Waals surface area (Å²) in [5.41, 5.74) is 1.18. The Morgan fingerprint density at radius 3 is 2.37 bits per heavy atom. The van der Waals surface area contributed by atoms with E-state index >= 15 is 0 Å². The highest BCUT2D eigenvalue weighted by Crippen LogP contribution is 2.27. The van der Waals surface area contributed by atoms with Crippen molar-refractivity contribution in [3.63, 3.8) is 0 Å². The molecule has 140 valence electrons. The van der Waals surface area contributed by atoms with Crippen molar-refractivity contribution >= 4 is 27.6 Å². The first-order valence-corrected chi connectivity index (χ1v) is 9.46. The van der Waals surface area contributed by atoms with Crippen LogP contribution in [0.15, 0.2) is 70.1 Å². The van der Waals surface area contributed by atoms with Crippen molar-refractivity contribution in [2.24, 2.45) is 5.14 Å². The third-order valence-electron chi connectivity index (χ3n) is 3.66. The number of carbonyl (C=O) groups is 1. The van der Waals surface area contributed by atoms with E-state index in [0.717, 1.165) is 5.56 Å². The Kier molecular flexibility index (Phi) is 5.24. The number of nitrogens with two attached hydrogens (primary N) is 1. The Labute approximate surface area is 156 Å². The quantitative estimate of drug-likeness (QED) is 0.719. The molecule has 0 aliphatic heterocycles. The van der Waals surface area contributed by atoms with E-state index in [0.29, 0.717) is 11.4 Å². The zero-order valence-corrected chi connectivity index (χ0v) is 15.2. The Morgan fingerprint density at radius 1 is 1.15 bits per heavy atom. The Morgan fingerprint density at radius 2 is 1.81 bits per heavy atom. The van der Waals surface area contributed by atoms with E-state index in [1.807, 2.05) is 30.3 Å². The van der Waals surface area contributed by atoms with Gasteiger partial charge in [-0.05, 0) is 36.8 Å². The molecule has 0 aliphatic rings. The summed E-state index contributed by atoms with van der Waals surface area (Å²) in [5, 5.41) is 8.96. The molecular formula is C18H17N3O5S. The van der Waals surface area contributed by atoms with Crippen molar-refractivity contribution in [1.29, 1.82) is 0 Å².